The smallest absolute Gasteiger partial charge is 0.416 e. The van der Waals surface area contributed by atoms with Gasteiger partial charge in [-0.15, -0.1) is 0 Å². The highest BCUT2D eigenvalue weighted by atomic mass is 32.2. The molecule has 2 bridgehead atoms. The van der Waals surface area contributed by atoms with Crippen LogP contribution in [-0.2, 0) is 32.0 Å². The van der Waals surface area contributed by atoms with Crippen LogP contribution in [0.25, 0.3) is 0 Å². The van der Waals surface area contributed by atoms with Gasteiger partial charge in [-0.2, -0.15) is 13.2 Å². The minimum Gasteiger partial charge on any atom is -0.744 e. The van der Waals surface area contributed by atoms with E-state index >= 15 is 0 Å². The van der Waals surface area contributed by atoms with E-state index in [-0.39, 0.29) is 0 Å². The summed E-state index contributed by atoms with van der Waals surface area (Å²) >= 11 is 0. The van der Waals surface area contributed by atoms with Gasteiger partial charge >= 0.3 is 6.18 Å². The first kappa shape index (κ1) is 27.0. The summed E-state index contributed by atoms with van der Waals surface area (Å²) < 4.78 is 67.0. The minimum absolute atomic E-state index is 0.448. The van der Waals surface area contributed by atoms with Crippen molar-refractivity contribution in [2.75, 3.05) is 0 Å². The summed E-state index contributed by atoms with van der Waals surface area (Å²) in [5.41, 5.74) is -0.995. The second-order valence-corrected chi connectivity index (χ2v) is 14.6. The van der Waals surface area contributed by atoms with Crippen LogP contribution in [0.5, 0.6) is 0 Å². The molecule has 196 valence electrons. The van der Waals surface area contributed by atoms with E-state index in [9.17, 15) is 30.9 Å². The molecule has 9 heteroatoms. The highest BCUT2D eigenvalue weighted by Crippen LogP contribution is 2.51. The van der Waals surface area contributed by atoms with Gasteiger partial charge in [0.15, 0.2) is 11.0 Å². The van der Waals surface area contributed by atoms with Gasteiger partial charge in [0.25, 0.3) is 0 Å². The number of rotatable bonds is 4. The molecule has 5 rings (SSSR count). The molecule has 0 aliphatic heterocycles. The number of carbonyl (C=O) groups is 1. The van der Waals surface area contributed by atoms with Gasteiger partial charge in [-0.05, 0) is 94.4 Å². The van der Waals surface area contributed by atoms with E-state index < -0.39 is 26.8 Å². The lowest BCUT2D eigenvalue weighted by Gasteiger charge is -2.35. The topological polar surface area (TPSA) is 74.3 Å². The van der Waals surface area contributed by atoms with Crippen LogP contribution in [0.15, 0.2) is 29.2 Å². The average molecular weight is 533 g/mol. The van der Waals surface area contributed by atoms with E-state index in [1.54, 1.807) is 0 Å². The van der Waals surface area contributed by atoms with Crippen LogP contribution in [-0.4, -0.2) is 34.5 Å². The van der Waals surface area contributed by atoms with E-state index in [1.165, 1.54) is 77.0 Å². The van der Waals surface area contributed by atoms with Crippen LogP contribution >= 0.6 is 0 Å². The monoisotopic (exact) mass is 532 g/mol. The maximum atomic E-state index is 12.6. The minimum atomic E-state index is -4.68. The number of benzene rings is 1. The van der Waals surface area contributed by atoms with Gasteiger partial charge in [-0.3, -0.25) is 4.79 Å². The van der Waals surface area contributed by atoms with Gasteiger partial charge < -0.3 is 4.55 Å². The molecule has 4 aliphatic carbocycles. The summed E-state index contributed by atoms with van der Waals surface area (Å²) in [5, 5.41) is 2.38. The van der Waals surface area contributed by atoms with Crippen molar-refractivity contribution in [1.29, 1.82) is 0 Å². The first-order valence-corrected chi connectivity index (χ1v) is 15.7. The van der Waals surface area contributed by atoms with Crippen molar-refractivity contribution in [1.82, 2.24) is 0 Å². The molecule has 35 heavy (non-hydrogen) atoms. The number of halogens is 3. The van der Waals surface area contributed by atoms with E-state index in [0.717, 1.165) is 28.8 Å². The fourth-order valence-electron chi connectivity index (χ4n) is 6.60. The Bertz CT molecular complexity index is 971. The van der Waals surface area contributed by atoms with E-state index in [2.05, 4.69) is 0 Å². The predicted molar refractivity (Wildman–Crippen MR) is 130 cm³/mol. The third-order valence-corrected chi connectivity index (χ3v) is 12.8. The van der Waals surface area contributed by atoms with E-state index in [1.807, 2.05) is 0 Å². The zero-order valence-corrected chi connectivity index (χ0v) is 21.6. The number of fused-ring (bicyclic) bond motifs is 2. The average Bonchev–Trinajstić information content (AvgIpc) is 3.45. The van der Waals surface area contributed by atoms with Gasteiger partial charge in [0.2, 0.25) is 0 Å². The Morgan fingerprint density at radius 2 is 1.51 bits per heavy atom. The lowest BCUT2D eigenvalue weighted by atomic mass is 9.98. The highest BCUT2D eigenvalue weighted by Gasteiger charge is 2.55. The molecular weight excluding hydrogens is 497 g/mol. The van der Waals surface area contributed by atoms with Gasteiger partial charge in [-0.25, -0.2) is 8.42 Å². The lowest BCUT2D eigenvalue weighted by molar-refractivity contribution is -0.137. The van der Waals surface area contributed by atoms with Crippen molar-refractivity contribution in [3.63, 3.8) is 0 Å². The van der Waals surface area contributed by atoms with Gasteiger partial charge in [0, 0.05) is 29.7 Å². The van der Waals surface area contributed by atoms with Crippen LogP contribution in [0.3, 0.4) is 0 Å². The van der Waals surface area contributed by atoms with Crippen molar-refractivity contribution in [2.24, 2.45) is 11.8 Å². The molecule has 4 saturated carbocycles. The molecule has 4 fully saturated rings. The highest BCUT2D eigenvalue weighted by molar-refractivity contribution is 7.99. The molecule has 0 spiro atoms. The Morgan fingerprint density at radius 1 is 0.857 bits per heavy atom. The Hall–Kier alpha value is -1.06. The van der Waals surface area contributed by atoms with Gasteiger partial charge in [0.05, 0.1) is 10.5 Å². The summed E-state index contributed by atoms with van der Waals surface area (Å²) in [7, 11) is -4.23. The van der Waals surface area contributed by atoms with Crippen LogP contribution in [0, 0.1) is 11.8 Å². The normalized spacial score (nSPS) is 30.6. The molecule has 0 amide bonds. The molecule has 5 atom stereocenters. The summed E-state index contributed by atoms with van der Waals surface area (Å²) in [6, 6.07) is 2.35. The zero-order valence-electron chi connectivity index (χ0n) is 20.0. The summed E-state index contributed by atoms with van der Waals surface area (Å²) in [6.07, 6.45) is 13.3. The Morgan fingerprint density at radius 3 is 2.03 bits per heavy atom. The molecule has 5 unspecified atom stereocenters. The van der Waals surface area contributed by atoms with Gasteiger partial charge in [-0.1, -0.05) is 6.42 Å². The molecule has 0 saturated heterocycles. The zero-order chi connectivity index (χ0) is 25.2. The molecule has 0 radical (unpaired) electrons. The first-order valence-electron chi connectivity index (χ1n) is 12.9. The number of carbonyl (C=O) groups excluding carboxylic acids is 1. The number of hydrogen-bond acceptors (Lipinski definition) is 4. The van der Waals surface area contributed by atoms with Crippen LogP contribution in [0.1, 0.15) is 89.0 Å². The van der Waals surface area contributed by atoms with E-state index in [4.69, 9.17) is 0 Å². The predicted octanol–water partition coefficient (Wildman–Crippen LogP) is 6.25. The Balaban J connectivity index is 0.000000181. The maximum absolute atomic E-state index is 12.6. The van der Waals surface area contributed by atoms with Crippen molar-refractivity contribution >= 4 is 26.8 Å². The standard InChI is InChI=1S/C19H31OS.C7H5F3O3S/c20-17-8-4-5-9-18(17)21(16-6-2-1-3-7-16)19-13-14-10-11-15(19)12-14;8-7(9,10)5-1-3-6(4-2-5)14(11,12)13/h14-16,18-19H,1-13H2;1-4H,(H,11,12,13)/q+1;/p-1. The fraction of sp³-hybridized carbons (Fsp3) is 0.731. The third-order valence-electron chi connectivity index (χ3n) is 8.26. The molecule has 0 N–H and O–H groups in total. The molecule has 0 heterocycles. The number of ketones is 1. The number of alkyl halides is 3. The Labute approximate surface area is 209 Å². The molecule has 4 nitrogen and oxygen atoms in total. The summed E-state index contributed by atoms with van der Waals surface area (Å²) in [5.74, 6) is 2.71. The van der Waals surface area contributed by atoms with Crippen LogP contribution in [0.4, 0.5) is 13.2 Å². The molecular formula is C26H35F3O4S2. The van der Waals surface area contributed by atoms with Crippen LogP contribution in [0.2, 0.25) is 0 Å². The molecule has 0 aromatic heterocycles. The lowest BCUT2D eigenvalue weighted by Crippen LogP contribution is -2.48. The van der Waals surface area contributed by atoms with Crippen molar-refractivity contribution in [3.05, 3.63) is 29.8 Å². The Kier molecular flexibility index (Phi) is 8.58. The summed E-state index contributed by atoms with van der Waals surface area (Å²) in [4.78, 5) is 12.0. The largest absolute Gasteiger partial charge is 0.744 e. The second-order valence-electron chi connectivity index (χ2n) is 10.6. The van der Waals surface area contributed by atoms with Crippen molar-refractivity contribution in [3.8, 4) is 0 Å². The SMILES string of the molecule is O=C1CCCCC1[S+](C1CCCCC1)C1CC2CCC1C2.O=S(=O)([O-])c1ccc(C(F)(F)F)cc1. The maximum Gasteiger partial charge on any atom is 0.416 e. The van der Waals surface area contributed by atoms with Gasteiger partial charge in [0.1, 0.15) is 20.6 Å². The number of hydrogen-bond donors (Lipinski definition) is 0. The molecule has 1 aromatic rings. The molecule has 4 aliphatic rings. The summed E-state index contributed by atoms with van der Waals surface area (Å²) in [6.45, 7) is 0. The van der Waals surface area contributed by atoms with Crippen LogP contribution < -0.4 is 0 Å². The first-order chi connectivity index (χ1) is 16.5. The van der Waals surface area contributed by atoms with Crippen molar-refractivity contribution in [2.45, 2.75) is 110 Å². The van der Waals surface area contributed by atoms with Crippen molar-refractivity contribution < 1.29 is 30.9 Å². The third kappa shape index (κ3) is 6.63. The quantitative estimate of drug-likeness (QED) is 0.340. The van der Waals surface area contributed by atoms with E-state index in [0.29, 0.717) is 46.2 Å². The molecule has 1 aromatic carbocycles. The fourth-order valence-corrected chi connectivity index (χ4v) is 11.4. The number of Topliss-reactive ketones (excluding diaryl/α,β-unsaturated/α-hetero) is 1. The second kappa shape index (κ2) is 11.1.